The predicted octanol–water partition coefficient (Wildman–Crippen LogP) is 2.01. The van der Waals surface area contributed by atoms with Crippen molar-refractivity contribution in [2.75, 3.05) is 26.2 Å². The van der Waals surface area contributed by atoms with Crippen LogP contribution in [0.5, 0.6) is 0 Å². The van der Waals surface area contributed by atoms with Crippen molar-refractivity contribution in [1.29, 1.82) is 0 Å². The van der Waals surface area contributed by atoms with Crippen molar-refractivity contribution < 1.29 is 4.74 Å². The standard InChI is InChI=1S/C14H19BrN2O/c15-12-3-1-11(2-4-12)8-17-6-5-13(9-17)16-7-14-10-18-14/h1-4,13-14,16H,5-10H2/t13-,14?/m1/s1. The molecule has 2 atom stereocenters. The van der Waals surface area contributed by atoms with E-state index in [4.69, 9.17) is 4.74 Å². The molecule has 0 aromatic heterocycles. The van der Waals surface area contributed by atoms with Gasteiger partial charge in [-0.05, 0) is 24.1 Å². The molecule has 1 unspecified atom stereocenters. The third-order valence-corrected chi connectivity index (χ3v) is 4.16. The number of halogens is 1. The molecule has 0 spiro atoms. The second-order valence-electron chi connectivity index (χ2n) is 5.21. The summed E-state index contributed by atoms with van der Waals surface area (Å²) in [6.45, 7) is 5.38. The molecule has 0 saturated carbocycles. The van der Waals surface area contributed by atoms with Gasteiger partial charge in [-0.25, -0.2) is 0 Å². The Hall–Kier alpha value is -0.420. The molecule has 2 fully saturated rings. The summed E-state index contributed by atoms with van der Waals surface area (Å²) in [6.07, 6.45) is 1.74. The van der Waals surface area contributed by atoms with E-state index in [1.807, 2.05) is 0 Å². The van der Waals surface area contributed by atoms with Crippen LogP contribution in [-0.2, 0) is 11.3 Å². The minimum atomic E-state index is 0.491. The van der Waals surface area contributed by atoms with Gasteiger partial charge >= 0.3 is 0 Å². The van der Waals surface area contributed by atoms with E-state index >= 15 is 0 Å². The average molecular weight is 311 g/mol. The third-order valence-electron chi connectivity index (χ3n) is 3.63. The smallest absolute Gasteiger partial charge is 0.0934 e. The maximum Gasteiger partial charge on any atom is 0.0934 e. The molecule has 2 aliphatic rings. The van der Waals surface area contributed by atoms with Crippen LogP contribution in [0.25, 0.3) is 0 Å². The fourth-order valence-corrected chi connectivity index (χ4v) is 2.74. The van der Waals surface area contributed by atoms with Gasteiger partial charge in [-0.3, -0.25) is 4.90 Å². The van der Waals surface area contributed by atoms with E-state index in [1.54, 1.807) is 0 Å². The lowest BCUT2D eigenvalue weighted by atomic mass is 10.2. The van der Waals surface area contributed by atoms with Crippen LogP contribution in [0.1, 0.15) is 12.0 Å². The largest absolute Gasteiger partial charge is 0.372 e. The third kappa shape index (κ3) is 3.54. The van der Waals surface area contributed by atoms with Crippen LogP contribution in [0.15, 0.2) is 28.7 Å². The monoisotopic (exact) mass is 310 g/mol. The zero-order valence-electron chi connectivity index (χ0n) is 10.4. The fraction of sp³-hybridized carbons (Fsp3) is 0.571. The van der Waals surface area contributed by atoms with Gasteiger partial charge in [0.05, 0.1) is 12.7 Å². The van der Waals surface area contributed by atoms with Crippen molar-refractivity contribution in [3.8, 4) is 0 Å². The zero-order chi connectivity index (χ0) is 12.4. The Morgan fingerprint density at radius 2 is 2.11 bits per heavy atom. The Bertz CT molecular complexity index is 391. The maximum absolute atomic E-state index is 5.22. The number of nitrogens with one attached hydrogen (secondary N) is 1. The summed E-state index contributed by atoms with van der Waals surface area (Å²) in [4.78, 5) is 2.52. The van der Waals surface area contributed by atoms with Crippen LogP contribution < -0.4 is 5.32 Å². The summed E-state index contributed by atoms with van der Waals surface area (Å²) < 4.78 is 6.37. The van der Waals surface area contributed by atoms with Crippen molar-refractivity contribution in [2.45, 2.75) is 25.1 Å². The van der Waals surface area contributed by atoms with Gasteiger partial charge in [0, 0.05) is 36.7 Å². The number of hydrogen-bond donors (Lipinski definition) is 1. The lowest BCUT2D eigenvalue weighted by molar-refractivity contribution is 0.316. The highest BCUT2D eigenvalue weighted by molar-refractivity contribution is 9.10. The van der Waals surface area contributed by atoms with Crippen LogP contribution in [-0.4, -0.2) is 43.3 Å². The molecule has 98 valence electrons. The van der Waals surface area contributed by atoms with Crippen molar-refractivity contribution in [1.82, 2.24) is 10.2 Å². The molecule has 1 aromatic carbocycles. The topological polar surface area (TPSA) is 27.8 Å². The summed E-state index contributed by atoms with van der Waals surface area (Å²) in [5.74, 6) is 0. The molecular weight excluding hydrogens is 292 g/mol. The first kappa shape index (κ1) is 12.6. The molecule has 2 heterocycles. The molecule has 3 nitrogen and oxygen atoms in total. The molecule has 3 rings (SSSR count). The molecule has 0 aliphatic carbocycles. The molecule has 1 aromatic rings. The van der Waals surface area contributed by atoms with Gasteiger partial charge in [0.25, 0.3) is 0 Å². The van der Waals surface area contributed by atoms with Crippen LogP contribution >= 0.6 is 15.9 Å². The summed E-state index contributed by atoms with van der Waals surface area (Å²) >= 11 is 3.47. The quantitative estimate of drug-likeness (QED) is 0.843. The van der Waals surface area contributed by atoms with Gasteiger partial charge in [0.2, 0.25) is 0 Å². The highest BCUT2D eigenvalue weighted by atomic mass is 79.9. The summed E-state index contributed by atoms with van der Waals surface area (Å²) in [6, 6.07) is 9.27. The number of benzene rings is 1. The van der Waals surface area contributed by atoms with Crippen LogP contribution in [0, 0.1) is 0 Å². The Morgan fingerprint density at radius 3 is 2.83 bits per heavy atom. The Kier molecular flexibility index (Phi) is 3.99. The van der Waals surface area contributed by atoms with E-state index in [9.17, 15) is 0 Å². The van der Waals surface area contributed by atoms with Crippen LogP contribution in [0.2, 0.25) is 0 Å². The minimum Gasteiger partial charge on any atom is -0.372 e. The summed E-state index contributed by atoms with van der Waals surface area (Å²) in [5, 5.41) is 3.59. The lowest BCUT2D eigenvalue weighted by Crippen LogP contribution is -2.34. The first-order chi connectivity index (χ1) is 8.79. The number of rotatable bonds is 5. The van der Waals surface area contributed by atoms with Gasteiger partial charge in [-0.2, -0.15) is 0 Å². The van der Waals surface area contributed by atoms with Crippen LogP contribution in [0.3, 0.4) is 0 Å². The van der Waals surface area contributed by atoms with Crippen LogP contribution in [0.4, 0.5) is 0 Å². The molecule has 0 bridgehead atoms. The normalized spacial score (nSPS) is 27.6. The number of likely N-dealkylation sites (tertiary alicyclic amines) is 1. The number of nitrogens with zero attached hydrogens (tertiary/aromatic N) is 1. The van der Waals surface area contributed by atoms with E-state index < -0.39 is 0 Å². The highest BCUT2D eigenvalue weighted by Gasteiger charge is 2.26. The van der Waals surface area contributed by atoms with Crippen molar-refractivity contribution in [3.63, 3.8) is 0 Å². The number of ether oxygens (including phenoxy) is 1. The summed E-state index contributed by atoms with van der Waals surface area (Å²) in [7, 11) is 0. The Morgan fingerprint density at radius 1 is 1.33 bits per heavy atom. The fourth-order valence-electron chi connectivity index (χ4n) is 2.47. The van der Waals surface area contributed by atoms with E-state index in [-0.39, 0.29) is 0 Å². The van der Waals surface area contributed by atoms with Gasteiger partial charge in [-0.15, -0.1) is 0 Å². The number of hydrogen-bond acceptors (Lipinski definition) is 3. The molecule has 0 amide bonds. The SMILES string of the molecule is Brc1ccc(CN2CC[C@@H](NCC3CO3)C2)cc1. The van der Waals surface area contributed by atoms with E-state index in [0.29, 0.717) is 12.1 Å². The van der Waals surface area contributed by atoms with Gasteiger partial charge in [0.15, 0.2) is 0 Å². The number of epoxide rings is 1. The average Bonchev–Trinajstić information content (AvgIpc) is 3.10. The lowest BCUT2D eigenvalue weighted by Gasteiger charge is -2.16. The van der Waals surface area contributed by atoms with Crippen molar-refractivity contribution in [2.24, 2.45) is 0 Å². The molecule has 0 radical (unpaired) electrons. The first-order valence-corrected chi connectivity index (χ1v) is 7.41. The molecular formula is C14H19BrN2O. The molecule has 2 saturated heterocycles. The molecule has 2 aliphatic heterocycles. The maximum atomic E-state index is 5.22. The Labute approximate surface area is 117 Å². The van der Waals surface area contributed by atoms with Crippen molar-refractivity contribution in [3.05, 3.63) is 34.3 Å². The van der Waals surface area contributed by atoms with E-state index in [0.717, 1.165) is 30.7 Å². The second kappa shape index (κ2) is 5.70. The summed E-state index contributed by atoms with van der Waals surface area (Å²) in [5.41, 5.74) is 1.39. The molecule has 1 N–H and O–H groups in total. The van der Waals surface area contributed by atoms with E-state index in [1.165, 1.54) is 18.5 Å². The van der Waals surface area contributed by atoms with E-state index in [2.05, 4.69) is 50.4 Å². The molecule has 18 heavy (non-hydrogen) atoms. The predicted molar refractivity (Wildman–Crippen MR) is 75.6 cm³/mol. The second-order valence-corrected chi connectivity index (χ2v) is 6.13. The minimum absolute atomic E-state index is 0.491. The van der Waals surface area contributed by atoms with Gasteiger partial charge in [-0.1, -0.05) is 28.1 Å². The van der Waals surface area contributed by atoms with Gasteiger partial charge in [0.1, 0.15) is 0 Å². The molecule has 4 heteroatoms. The van der Waals surface area contributed by atoms with Gasteiger partial charge < -0.3 is 10.1 Å². The zero-order valence-corrected chi connectivity index (χ0v) is 12.0. The first-order valence-electron chi connectivity index (χ1n) is 6.61. The Balaban J connectivity index is 1.44. The van der Waals surface area contributed by atoms with Crippen molar-refractivity contribution >= 4 is 15.9 Å². The highest BCUT2D eigenvalue weighted by Crippen LogP contribution is 2.16.